The number of hydrogen-bond donors (Lipinski definition) is 1. The van der Waals surface area contributed by atoms with Gasteiger partial charge in [0.05, 0.1) is 12.1 Å². The van der Waals surface area contributed by atoms with E-state index in [0.717, 1.165) is 0 Å². The van der Waals surface area contributed by atoms with E-state index in [2.05, 4.69) is 0 Å². The molecular formula is C8H21NO3. The van der Waals surface area contributed by atoms with Crippen LogP contribution in [0.3, 0.4) is 0 Å². The van der Waals surface area contributed by atoms with E-state index in [1.54, 1.807) is 14.0 Å². The minimum absolute atomic E-state index is 0. The van der Waals surface area contributed by atoms with Crippen molar-refractivity contribution in [3.05, 3.63) is 0 Å². The third-order valence-electron chi connectivity index (χ3n) is 1.78. The topological polar surface area (TPSA) is 83.8 Å². The van der Waals surface area contributed by atoms with E-state index in [0.29, 0.717) is 0 Å². The second kappa shape index (κ2) is 6.11. The van der Waals surface area contributed by atoms with Crippen LogP contribution in [0, 0.1) is 5.92 Å². The van der Waals surface area contributed by atoms with Crippen molar-refractivity contribution in [2.75, 3.05) is 7.11 Å². The lowest BCUT2D eigenvalue weighted by Gasteiger charge is -2.18. The van der Waals surface area contributed by atoms with E-state index in [9.17, 15) is 4.79 Å². The molecule has 0 aromatic heterocycles. The van der Waals surface area contributed by atoms with Crippen molar-refractivity contribution >= 4 is 5.78 Å². The Morgan fingerprint density at radius 3 is 2.08 bits per heavy atom. The fourth-order valence-corrected chi connectivity index (χ4v) is 0.763. The van der Waals surface area contributed by atoms with Gasteiger partial charge in [-0.3, -0.25) is 4.79 Å². The van der Waals surface area contributed by atoms with Crippen molar-refractivity contribution in [1.29, 1.82) is 0 Å². The van der Waals surface area contributed by atoms with Crippen molar-refractivity contribution in [2.24, 2.45) is 11.7 Å². The average Bonchev–Trinajstić information content (AvgIpc) is 2.00. The standard InChI is InChI=1S/C8H17NO2.H2O.H2/c1-5(2)8(10)7(9)6(3)11-4;;/h5-7H,9H2,1-4H3;1H2;1H/t6-,7-;;/m1../s1. The third kappa shape index (κ3) is 3.80. The van der Waals surface area contributed by atoms with Crippen LogP contribution in [0.25, 0.3) is 0 Å². The van der Waals surface area contributed by atoms with E-state index in [1.807, 2.05) is 13.8 Å². The molecule has 0 aromatic carbocycles. The first-order valence-corrected chi connectivity index (χ1v) is 3.82. The summed E-state index contributed by atoms with van der Waals surface area (Å²) in [5.41, 5.74) is 5.60. The number of ketones is 1. The van der Waals surface area contributed by atoms with E-state index in [4.69, 9.17) is 10.5 Å². The summed E-state index contributed by atoms with van der Waals surface area (Å²) in [4.78, 5) is 11.2. The molecule has 0 bridgehead atoms. The molecule has 0 aliphatic rings. The Bertz CT molecular complexity index is 141. The second-order valence-corrected chi connectivity index (χ2v) is 3.02. The zero-order valence-electron chi connectivity index (χ0n) is 8.13. The SMILES string of the molecule is CO[C@H](C)[C@@H](N)C(=O)C(C)C.O.[HH]. The molecule has 0 rings (SSSR count). The molecule has 0 heterocycles. The Morgan fingerprint density at radius 2 is 1.83 bits per heavy atom. The van der Waals surface area contributed by atoms with Crippen LogP contribution in [0.5, 0.6) is 0 Å². The largest absolute Gasteiger partial charge is 0.412 e. The molecule has 0 fully saturated rings. The highest BCUT2D eigenvalue weighted by atomic mass is 16.5. The van der Waals surface area contributed by atoms with Gasteiger partial charge in [0.1, 0.15) is 0 Å². The smallest absolute Gasteiger partial charge is 0.154 e. The number of rotatable bonds is 4. The number of ether oxygens (including phenoxy) is 1. The maximum atomic E-state index is 11.2. The van der Waals surface area contributed by atoms with Crippen LogP contribution in [0.15, 0.2) is 0 Å². The van der Waals surface area contributed by atoms with E-state index < -0.39 is 6.04 Å². The summed E-state index contributed by atoms with van der Waals surface area (Å²) >= 11 is 0. The number of nitrogens with two attached hydrogens (primary N) is 1. The normalized spacial score (nSPS) is 15.2. The molecule has 0 radical (unpaired) electrons. The molecule has 0 aliphatic carbocycles. The number of hydrogen-bond acceptors (Lipinski definition) is 3. The lowest BCUT2D eigenvalue weighted by Crippen LogP contribution is -2.43. The zero-order valence-corrected chi connectivity index (χ0v) is 8.13. The van der Waals surface area contributed by atoms with E-state index in [1.165, 1.54) is 0 Å². The minimum atomic E-state index is -0.486. The van der Waals surface area contributed by atoms with Crippen molar-refractivity contribution in [3.8, 4) is 0 Å². The predicted molar refractivity (Wildman–Crippen MR) is 50.0 cm³/mol. The summed E-state index contributed by atoms with van der Waals surface area (Å²) in [6.45, 7) is 5.47. The van der Waals surface area contributed by atoms with Crippen LogP contribution in [0.2, 0.25) is 0 Å². The maximum absolute atomic E-state index is 11.2. The number of Topliss-reactive ketones (excluding diaryl/α,β-unsaturated/α-hetero) is 1. The minimum Gasteiger partial charge on any atom is -0.412 e. The molecule has 0 unspecified atom stereocenters. The number of methoxy groups -OCH3 is 1. The Balaban J connectivity index is -0.000000500. The lowest BCUT2D eigenvalue weighted by molar-refractivity contribution is -0.125. The Morgan fingerprint density at radius 1 is 1.42 bits per heavy atom. The Hall–Kier alpha value is -0.450. The molecule has 0 saturated carbocycles. The van der Waals surface area contributed by atoms with E-state index >= 15 is 0 Å². The molecule has 12 heavy (non-hydrogen) atoms. The second-order valence-electron chi connectivity index (χ2n) is 3.02. The van der Waals surface area contributed by atoms with Crippen LogP contribution in [-0.4, -0.2) is 30.5 Å². The van der Waals surface area contributed by atoms with Gasteiger partial charge < -0.3 is 15.9 Å². The van der Waals surface area contributed by atoms with Gasteiger partial charge in [0.2, 0.25) is 0 Å². The summed E-state index contributed by atoms with van der Waals surface area (Å²) in [6.07, 6.45) is -0.190. The quantitative estimate of drug-likeness (QED) is 0.659. The van der Waals surface area contributed by atoms with Gasteiger partial charge in [0.25, 0.3) is 0 Å². The molecule has 2 atom stereocenters. The van der Waals surface area contributed by atoms with Crippen LogP contribution < -0.4 is 5.73 Å². The highest BCUT2D eigenvalue weighted by Crippen LogP contribution is 2.03. The van der Waals surface area contributed by atoms with Gasteiger partial charge in [0.15, 0.2) is 5.78 Å². The van der Waals surface area contributed by atoms with Crippen LogP contribution in [0.1, 0.15) is 22.2 Å². The first-order chi connectivity index (χ1) is 5.00. The summed E-state index contributed by atoms with van der Waals surface area (Å²) in [5.74, 6) is 0.0435. The molecule has 4 N–H and O–H groups in total. The highest BCUT2D eigenvalue weighted by Gasteiger charge is 2.22. The molecule has 76 valence electrons. The van der Waals surface area contributed by atoms with Crippen molar-refractivity contribution < 1.29 is 16.4 Å². The van der Waals surface area contributed by atoms with Crippen molar-refractivity contribution in [1.82, 2.24) is 0 Å². The molecule has 0 aromatic rings. The summed E-state index contributed by atoms with van der Waals surface area (Å²) in [6, 6.07) is -0.486. The zero-order chi connectivity index (χ0) is 9.02. The summed E-state index contributed by atoms with van der Waals surface area (Å²) in [7, 11) is 1.55. The van der Waals surface area contributed by atoms with Gasteiger partial charge in [-0.1, -0.05) is 13.8 Å². The van der Waals surface area contributed by atoms with Gasteiger partial charge in [-0.15, -0.1) is 0 Å². The van der Waals surface area contributed by atoms with Gasteiger partial charge in [-0.2, -0.15) is 0 Å². The monoisotopic (exact) mass is 179 g/mol. The first-order valence-electron chi connectivity index (χ1n) is 3.82. The summed E-state index contributed by atoms with van der Waals surface area (Å²) in [5, 5.41) is 0. The van der Waals surface area contributed by atoms with Crippen LogP contribution in [-0.2, 0) is 9.53 Å². The summed E-state index contributed by atoms with van der Waals surface area (Å²) < 4.78 is 4.94. The van der Waals surface area contributed by atoms with E-state index in [-0.39, 0.29) is 24.7 Å². The average molecular weight is 179 g/mol. The first kappa shape index (κ1) is 14.1. The highest BCUT2D eigenvalue weighted by molar-refractivity contribution is 5.86. The number of carbonyl (C=O) groups excluding carboxylic acids is 1. The van der Waals surface area contributed by atoms with Gasteiger partial charge in [-0.05, 0) is 6.92 Å². The Labute approximate surface area is 74.9 Å². The van der Waals surface area contributed by atoms with Gasteiger partial charge >= 0.3 is 0 Å². The Kier molecular flexibility index (Phi) is 7.18. The van der Waals surface area contributed by atoms with Crippen LogP contribution >= 0.6 is 0 Å². The third-order valence-corrected chi connectivity index (χ3v) is 1.78. The fourth-order valence-electron chi connectivity index (χ4n) is 0.763. The molecule has 4 heteroatoms. The molecule has 4 nitrogen and oxygen atoms in total. The number of carbonyl (C=O) groups is 1. The molecule has 0 saturated heterocycles. The fraction of sp³-hybridized carbons (Fsp3) is 0.875. The maximum Gasteiger partial charge on any atom is 0.154 e. The van der Waals surface area contributed by atoms with Crippen molar-refractivity contribution in [3.63, 3.8) is 0 Å². The molecule has 0 spiro atoms. The van der Waals surface area contributed by atoms with Gasteiger partial charge in [0, 0.05) is 14.5 Å². The van der Waals surface area contributed by atoms with Crippen LogP contribution in [0.4, 0.5) is 0 Å². The molecular weight excluding hydrogens is 158 g/mol. The van der Waals surface area contributed by atoms with Crippen molar-refractivity contribution in [2.45, 2.75) is 32.9 Å². The molecule has 0 aliphatic heterocycles. The predicted octanol–water partition coefficient (Wildman–Crippen LogP) is -0.00500. The molecule has 0 amide bonds. The lowest BCUT2D eigenvalue weighted by atomic mass is 9.99. The van der Waals surface area contributed by atoms with Gasteiger partial charge in [-0.25, -0.2) is 0 Å².